The predicted octanol–water partition coefficient (Wildman–Crippen LogP) is 5.16. The largest absolute Gasteiger partial charge is 0.456 e. The number of hydrogen-bond acceptors (Lipinski definition) is 2. The summed E-state index contributed by atoms with van der Waals surface area (Å²) >= 11 is 3.55. The van der Waals surface area contributed by atoms with Crippen LogP contribution < -0.4 is 10.5 Å². The molecule has 0 fully saturated rings. The van der Waals surface area contributed by atoms with Gasteiger partial charge >= 0.3 is 0 Å². The molecule has 0 amide bonds. The Labute approximate surface area is 132 Å². The van der Waals surface area contributed by atoms with Crippen LogP contribution in [0.5, 0.6) is 11.5 Å². The van der Waals surface area contributed by atoms with Crippen LogP contribution in [0.25, 0.3) is 10.8 Å². The minimum atomic E-state index is 0.523. The van der Waals surface area contributed by atoms with Gasteiger partial charge in [0, 0.05) is 11.9 Å². The fraction of sp³-hybridized carbons (Fsp3) is 0.111. The Balaban J connectivity index is 2.09. The molecule has 3 aromatic rings. The van der Waals surface area contributed by atoms with Gasteiger partial charge < -0.3 is 10.5 Å². The molecule has 21 heavy (non-hydrogen) atoms. The third-order valence-corrected chi connectivity index (χ3v) is 4.12. The van der Waals surface area contributed by atoms with Crippen molar-refractivity contribution < 1.29 is 4.74 Å². The average Bonchev–Trinajstić information content (AvgIpc) is 2.50. The van der Waals surface area contributed by atoms with Crippen molar-refractivity contribution in [2.45, 2.75) is 13.5 Å². The molecule has 0 aliphatic carbocycles. The molecule has 0 heterocycles. The summed E-state index contributed by atoms with van der Waals surface area (Å²) in [5.74, 6) is 1.65. The second kappa shape index (κ2) is 5.88. The van der Waals surface area contributed by atoms with Crippen molar-refractivity contribution in [2.75, 3.05) is 0 Å². The maximum atomic E-state index is 6.09. The molecule has 106 valence electrons. The highest BCUT2D eigenvalue weighted by Crippen LogP contribution is 2.35. The third-order valence-electron chi connectivity index (χ3n) is 3.50. The Morgan fingerprint density at radius 1 is 0.952 bits per heavy atom. The van der Waals surface area contributed by atoms with E-state index in [0.29, 0.717) is 6.54 Å². The maximum absolute atomic E-state index is 6.09. The maximum Gasteiger partial charge on any atom is 0.141 e. The summed E-state index contributed by atoms with van der Waals surface area (Å²) in [6, 6.07) is 18.2. The van der Waals surface area contributed by atoms with E-state index in [1.165, 1.54) is 5.56 Å². The number of ether oxygens (including phenoxy) is 1. The topological polar surface area (TPSA) is 35.2 Å². The van der Waals surface area contributed by atoms with Crippen LogP contribution in [0.2, 0.25) is 0 Å². The molecule has 0 spiro atoms. The summed E-state index contributed by atoms with van der Waals surface area (Å²) in [7, 11) is 0. The summed E-state index contributed by atoms with van der Waals surface area (Å²) in [6.45, 7) is 2.58. The minimum absolute atomic E-state index is 0.523. The summed E-state index contributed by atoms with van der Waals surface area (Å²) in [4.78, 5) is 0. The summed E-state index contributed by atoms with van der Waals surface area (Å²) in [5, 5.41) is 2.22. The first-order chi connectivity index (χ1) is 10.2. The molecule has 3 rings (SSSR count). The van der Waals surface area contributed by atoms with E-state index >= 15 is 0 Å². The van der Waals surface area contributed by atoms with Crippen LogP contribution in [0, 0.1) is 6.92 Å². The lowest BCUT2D eigenvalue weighted by atomic mass is 10.0. The molecule has 0 aromatic heterocycles. The second-order valence-electron chi connectivity index (χ2n) is 5.01. The highest BCUT2D eigenvalue weighted by atomic mass is 79.9. The van der Waals surface area contributed by atoms with Gasteiger partial charge in [-0.1, -0.05) is 36.4 Å². The second-order valence-corrected chi connectivity index (χ2v) is 5.86. The molecular weight excluding hydrogens is 326 g/mol. The molecular formula is C18H16BrNO. The van der Waals surface area contributed by atoms with Gasteiger partial charge in [0.1, 0.15) is 11.5 Å². The van der Waals surface area contributed by atoms with Gasteiger partial charge in [0.25, 0.3) is 0 Å². The fourth-order valence-corrected chi connectivity index (χ4v) is 2.98. The predicted molar refractivity (Wildman–Crippen MR) is 90.8 cm³/mol. The van der Waals surface area contributed by atoms with Gasteiger partial charge in [0.2, 0.25) is 0 Å². The number of nitrogens with two attached hydrogens (primary N) is 1. The van der Waals surface area contributed by atoms with Crippen LogP contribution in [0.4, 0.5) is 0 Å². The zero-order chi connectivity index (χ0) is 14.8. The van der Waals surface area contributed by atoms with E-state index in [-0.39, 0.29) is 0 Å². The molecule has 0 unspecified atom stereocenters. The summed E-state index contributed by atoms with van der Waals surface area (Å²) in [6.07, 6.45) is 0. The number of halogens is 1. The summed E-state index contributed by atoms with van der Waals surface area (Å²) < 4.78 is 7.04. The SMILES string of the molecule is Cc1ccc(Oc2ccc(CN)c3ccccc23)c(Br)c1. The first kappa shape index (κ1) is 14.1. The number of rotatable bonds is 3. The lowest BCUT2D eigenvalue weighted by Gasteiger charge is -2.13. The molecule has 0 saturated heterocycles. The Kier molecular flexibility index (Phi) is 3.95. The molecule has 0 aliphatic heterocycles. The van der Waals surface area contributed by atoms with E-state index in [1.807, 2.05) is 42.5 Å². The van der Waals surface area contributed by atoms with Gasteiger partial charge in [-0.15, -0.1) is 0 Å². The standard InChI is InChI=1S/C18H16BrNO/c1-12-6-8-18(16(19)10-12)21-17-9-7-13(11-20)14-4-2-3-5-15(14)17/h2-10H,11,20H2,1H3. The van der Waals surface area contributed by atoms with Crippen LogP contribution in [-0.2, 0) is 6.54 Å². The Morgan fingerprint density at radius 2 is 1.67 bits per heavy atom. The first-order valence-corrected chi connectivity index (χ1v) is 7.63. The monoisotopic (exact) mass is 341 g/mol. The smallest absolute Gasteiger partial charge is 0.141 e. The average molecular weight is 342 g/mol. The van der Waals surface area contributed by atoms with Crippen molar-refractivity contribution in [1.29, 1.82) is 0 Å². The number of hydrogen-bond donors (Lipinski definition) is 1. The van der Waals surface area contributed by atoms with E-state index in [2.05, 4.69) is 35.0 Å². The summed E-state index contributed by atoms with van der Waals surface area (Å²) in [5.41, 5.74) is 8.13. The van der Waals surface area contributed by atoms with Crippen LogP contribution in [0.15, 0.2) is 59.1 Å². The first-order valence-electron chi connectivity index (χ1n) is 6.84. The van der Waals surface area contributed by atoms with Crippen molar-refractivity contribution in [1.82, 2.24) is 0 Å². The van der Waals surface area contributed by atoms with Gasteiger partial charge in [-0.2, -0.15) is 0 Å². The minimum Gasteiger partial charge on any atom is -0.456 e. The third kappa shape index (κ3) is 2.80. The van der Waals surface area contributed by atoms with Crippen molar-refractivity contribution >= 4 is 26.7 Å². The molecule has 0 aliphatic rings. The molecule has 3 aromatic carbocycles. The van der Waals surface area contributed by atoms with Gasteiger partial charge in [-0.25, -0.2) is 0 Å². The highest BCUT2D eigenvalue weighted by Gasteiger charge is 2.08. The zero-order valence-corrected chi connectivity index (χ0v) is 13.4. The van der Waals surface area contributed by atoms with Crippen molar-refractivity contribution in [3.63, 3.8) is 0 Å². The molecule has 0 atom stereocenters. The lowest BCUT2D eigenvalue weighted by molar-refractivity contribution is 0.485. The molecule has 2 N–H and O–H groups in total. The van der Waals surface area contributed by atoms with E-state index in [4.69, 9.17) is 10.5 Å². The zero-order valence-electron chi connectivity index (χ0n) is 11.8. The van der Waals surface area contributed by atoms with Crippen molar-refractivity contribution in [2.24, 2.45) is 5.73 Å². The van der Waals surface area contributed by atoms with E-state index < -0.39 is 0 Å². The molecule has 2 nitrogen and oxygen atoms in total. The number of fused-ring (bicyclic) bond motifs is 1. The molecule has 0 radical (unpaired) electrons. The van der Waals surface area contributed by atoms with Gasteiger partial charge in [-0.3, -0.25) is 0 Å². The van der Waals surface area contributed by atoms with Crippen LogP contribution in [-0.4, -0.2) is 0 Å². The molecule has 3 heteroatoms. The Hall–Kier alpha value is -1.84. The normalized spacial score (nSPS) is 10.8. The van der Waals surface area contributed by atoms with Crippen LogP contribution >= 0.6 is 15.9 Å². The number of aryl methyl sites for hydroxylation is 1. The van der Waals surface area contributed by atoms with Crippen LogP contribution in [0.1, 0.15) is 11.1 Å². The van der Waals surface area contributed by atoms with Gasteiger partial charge in [0.15, 0.2) is 0 Å². The van der Waals surface area contributed by atoms with Gasteiger partial charge in [0.05, 0.1) is 4.47 Å². The van der Waals surface area contributed by atoms with Gasteiger partial charge in [-0.05, 0) is 57.6 Å². The Morgan fingerprint density at radius 3 is 2.38 bits per heavy atom. The van der Waals surface area contributed by atoms with E-state index in [1.54, 1.807) is 0 Å². The van der Waals surface area contributed by atoms with E-state index in [0.717, 1.165) is 32.3 Å². The lowest BCUT2D eigenvalue weighted by Crippen LogP contribution is -1.98. The Bertz CT molecular complexity index is 798. The quantitative estimate of drug-likeness (QED) is 0.713. The molecule has 0 saturated carbocycles. The van der Waals surface area contributed by atoms with Crippen LogP contribution in [0.3, 0.4) is 0 Å². The fourth-order valence-electron chi connectivity index (χ4n) is 2.41. The molecule has 0 bridgehead atoms. The number of benzene rings is 3. The van der Waals surface area contributed by atoms with Crippen molar-refractivity contribution in [3.05, 3.63) is 70.2 Å². The van der Waals surface area contributed by atoms with Crippen molar-refractivity contribution in [3.8, 4) is 11.5 Å². The van der Waals surface area contributed by atoms with E-state index in [9.17, 15) is 0 Å². The highest BCUT2D eigenvalue weighted by molar-refractivity contribution is 9.10.